The lowest BCUT2D eigenvalue weighted by atomic mass is 10.5. The van der Waals surface area contributed by atoms with E-state index in [-0.39, 0.29) is 6.54 Å². The predicted molar refractivity (Wildman–Crippen MR) is 65.1 cm³/mol. The van der Waals surface area contributed by atoms with Crippen molar-refractivity contribution in [3.05, 3.63) is 29.7 Å². The van der Waals surface area contributed by atoms with E-state index in [1.54, 1.807) is 19.3 Å². The molecular formula is C10H10ClN5O2. The van der Waals surface area contributed by atoms with Crippen LogP contribution in [0.1, 0.15) is 0 Å². The molecule has 0 spiro atoms. The second-order valence-corrected chi connectivity index (χ2v) is 4.00. The summed E-state index contributed by atoms with van der Waals surface area (Å²) in [5, 5.41) is 13.2. The average Bonchev–Trinajstić information content (AvgIpc) is 2.75. The second kappa shape index (κ2) is 5.01. The van der Waals surface area contributed by atoms with E-state index >= 15 is 0 Å². The van der Waals surface area contributed by atoms with E-state index < -0.39 is 5.97 Å². The quantitative estimate of drug-likeness (QED) is 0.884. The molecule has 94 valence electrons. The molecule has 0 atom stereocenters. The summed E-state index contributed by atoms with van der Waals surface area (Å²) >= 11 is 5.77. The molecule has 0 saturated carbocycles. The number of rotatable bonds is 4. The van der Waals surface area contributed by atoms with Crippen molar-refractivity contribution in [1.29, 1.82) is 0 Å². The number of likely N-dealkylation sites (N-methyl/N-ethyl adjacent to an activating group) is 1. The van der Waals surface area contributed by atoms with Crippen LogP contribution in [-0.4, -0.2) is 44.4 Å². The molecule has 0 unspecified atom stereocenters. The maximum Gasteiger partial charge on any atom is 0.323 e. The van der Waals surface area contributed by atoms with Crippen LogP contribution in [0.25, 0.3) is 5.82 Å². The van der Waals surface area contributed by atoms with Crippen LogP contribution in [-0.2, 0) is 4.79 Å². The number of carboxylic acid groups (broad SMARTS) is 1. The zero-order valence-corrected chi connectivity index (χ0v) is 10.2. The van der Waals surface area contributed by atoms with Gasteiger partial charge in [-0.05, 0) is 0 Å². The van der Waals surface area contributed by atoms with Crippen molar-refractivity contribution in [3.63, 3.8) is 0 Å². The molecule has 2 aromatic heterocycles. The first kappa shape index (κ1) is 12.3. The highest BCUT2D eigenvalue weighted by molar-refractivity contribution is 6.30. The van der Waals surface area contributed by atoms with Crippen LogP contribution >= 0.6 is 11.6 Å². The van der Waals surface area contributed by atoms with Gasteiger partial charge in [-0.25, -0.2) is 9.67 Å². The van der Waals surface area contributed by atoms with E-state index in [4.69, 9.17) is 16.7 Å². The Balaban J connectivity index is 2.27. The number of carbonyl (C=O) groups is 1. The predicted octanol–water partition coefficient (Wildman–Crippen LogP) is 0.836. The highest BCUT2D eigenvalue weighted by Crippen LogP contribution is 2.12. The number of halogens is 1. The average molecular weight is 268 g/mol. The fourth-order valence-electron chi connectivity index (χ4n) is 1.35. The van der Waals surface area contributed by atoms with Gasteiger partial charge in [0.05, 0.1) is 17.4 Å². The van der Waals surface area contributed by atoms with Gasteiger partial charge in [0, 0.05) is 19.3 Å². The molecule has 0 aliphatic carbocycles. The van der Waals surface area contributed by atoms with E-state index in [0.29, 0.717) is 16.8 Å². The minimum absolute atomic E-state index is 0.177. The minimum Gasteiger partial charge on any atom is -0.480 e. The van der Waals surface area contributed by atoms with Crippen LogP contribution in [0.5, 0.6) is 0 Å². The first-order valence-electron chi connectivity index (χ1n) is 5.03. The second-order valence-electron chi connectivity index (χ2n) is 3.57. The molecule has 1 N–H and O–H groups in total. The van der Waals surface area contributed by atoms with Crippen molar-refractivity contribution < 1.29 is 9.90 Å². The molecule has 0 aromatic carbocycles. The first-order valence-corrected chi connectivity index (χ1v) is 5.40. The maximum atomic E-state index is 10.6. The largest absolute Gasteiger partial charge is 0.480 e. The lowest BCUT2D eigenvalue weighted by Crippen LogP contribution is -2.27. The number of nitrogens with zero attached hydrogens (tertiary/aromatic N) is 5. The van der Waals surface area contributed by atoms with Crippen molar-refractivity contribution in [2.45, 2.75) is 0 Å². The van der Waals surface area contributed by atoms with Crippen LogP contribution in [0.4, 0.5) is 5.95 Å². The van der Waals surface area contributed by atoms with Crippen LogP contribution in [0.15, 0.2) is 24.7 Å². The molecule has 0 bridgehead atoms. The number of hydrogen-bond donors (Lipinski definition) is 1. The van der Waals surface area contributed by atoms with Crippen LogP contribution in [0.3, 0.4) is 0 Å². The zero-order chi connectivity index (χ0) is 13.1. The van der Waals surface area contributed by atoms with Crippen LogP contribution in [0, 0.1) is 0 Å². The van der Waals surface area contributed by atoms with Gasteiger partial charge < -0.3 is 10.0 Å². The number of aromatic nitrogens is 4. The van der Waals surface area contributed by atoms with Crippen LogP contribution < -0.4 is 4.90 Å². The number of carboxylic acids is 1. The summed E-state index contributed by atoms with van der Waals surface area (Å²) in [6, 6.07) is 1.65. The molecule has 0 fully saturated rings. The summed E-state index contributed by atoms with van der Waals surface area (Å²) in [5.74, 6) is -0.126. The SMILES string of the molecule is CN(CC(=O)O)c1nccc(-n2cc(Cl)cn2)n1. The van der Waals surface area contributed by atoms with Gasteiger partial charge in [0.1, 0.15) is 6.54 Å². The van der Waals surface area contributed by atoms with E-state index in [2.05, 4.69) is 15.1 Å². The lowest BCUT2D eigenvalue weighted by Gasteiger charge is -2.14. The summed E-state index contributed by atoms with van der Waals surface area (Å²) in [6.45, 7) is -0.177. The fraction of sp³-hybridized carbons (Fsp3) is 0.200. The Morgan fingerprint density at radius 2 is 2.39 bits per heavy atom. The molecule has 18 heavy (non-hydrogen) atoms. The van der Waals surface area contributed by atoms with Gasteiger partial charge >= 0.3 is 5.97 Å². The summed E-state index contributed by atoms with van der Waals surface area (Å²) < 4.78 is 1.49. The van der Waals surface area contributed by atoms with Crippen molar-refractivity contribution >= 4 is 23.5 Å². The summed E-state index contributed by atoms with van der Waals surface area (Å²) in [4.78, 5) is 20.2. The third-order valence-electron chi connectivity index (χ3n) is 2.13. The van der Waals surface area contributed by atoms with Crippen molar-refractivity contribution in [2.75, 3.05) is 18.5 Å². The normalized spacial score (nSPS) is 10.3. The summed E-state index contributed by atoms with van der Waals surface area (Å²) in [5.41, 5.74) is 0. The Hall–Kier alpha value is -2.15. The van der Waals surface area contributed by atoms with Gasteiger partial charge in [-0.1, -0.05) is 11.6 Å². The standard InChI is InChI=1S/C10H10ClN5O2/c1-15(6-9(17)18)10-12-3-2-8(14-10)16-5-7(11)4-13-16/h2-5H,6H2,1H3,(H,17,18). The molecule has 7 nitrogen and oxygen atoms in total. The monoisotopic (exact) mass is 267 g/mol. The molecule has 2 heterocycles. The molecule has 8 heteroatoms. The maximum absolute atomic E-state index is 10.6. The zero-order valence-electron chi connectivity index (χ0n) is 9.49. The molecule has 0 saturated heterocycles. The Kier molecular flexibility index (Phi) is 3.42. The Morgan fingerprint density at radius 3 is 3.00 bits per heavy atom. The first-order chi connectivity index (χ1) is 8.56. The molecule has 0 radical (unpaired) electrons. The highest BCUT2D eigenvalue weighted by atomic mass is 35.5. The smallest absolute Gasteiger partial charge is 0.323 e. The van der Waals surface area contributed by atoms with Gasteiger partial charge in [-0.15, -0.1) is 0 Å². The fourth-order valence-corrected chi connectivity index (χ4v) is 1.49. The number of anilines is 1. The topological polar surface area (TPSA) is 84.1 Å². The van der Waals surface area contributed by atoms with E-state index in [1.807, 2.05) is 0 Å². The molecular weight excluding hydrogens is 258 g/mol. The third-order valence-corrected chi connectivity index (χ3v) is 2.32. The van der Waals surface area contributed by atoms with Crippen molar-refractivity contribution in [1.82, 2.24) is 19.7 Å². The third kappa shape index (κ3) is 2.75. The molecule has 2 aromatic rings. The van der Waals surface area contributed by atoms with Gasteiger partial charge in [-0.3, -0.25) is 4.79 Å². The minimum atomic E-state index is -0.950. The van der Waals surface area contributed by atoms with Crippen molar-refractivity contribution in [3.8, 4) is 5.82 Å². The Morgan fingerprint density at radius 1 is 1.61 bits per heavy atom. The van der Waals surface area contributed by atoms with E-state index in [0.717, 1.165) is 0 Å². The van der Waals surface area contributed by atoms with Gasteiger partial charge in [0.2, 0.25) is 5.95 Å². The Labute approximate surface area is 108 Å². The Bertz CT molecular complexity index is 571. The van der Waals surface area contributed by atoms with Gasteiger partial charge in [0.25, 0.3) is 0 Å². The summed E-state index contributed by atoms with van der Waals surface area (Å²) in [7, 11) is 1.60. The highest BCUT2D eigenvalue weighted by Gasteiger charge is 2.10. The van der Waals surface area contributed by atoms with Crippen molar-refractivity contribution in [2.24, 2.45) is 0 Å². The molecule has 2 rings (SSSR count). The molecule has 0 aliphatic heterocycles. The van der Waals surface area contributed by atoms with E-state index in [1.165, 1.54) is 22.0 Å². The van der Waals surface area contributed by atoms with Gasteiger partial charge in [0.15, 0.2) is 5.82 Å². The molecule has 0 amide bonds. The number of aliphatic carboxylic acids is 1. The molecule has 0 aliphatic rings. The summed E-state index contributed by atoms with van der Waals surface area (Å²) in [6.07, 6.45) is 4.63. The van der Waals surface area contributed by atoms with Gasteiger partial charge in [-0.2, -0.15) is 10.1 Å². The van der Waals surface area contributed by atoms with E-state index in [9.17, 15) is 4.79 Å². The number of hydrogen-bond acceptors (Lipinski definition) is 5. The lowest BCUT2D eigenvalue weighted by molar-refractivity contribution is -0.135. The van der Waals surface area contributed by atoms with Crippen LogP contribution in [0.2, 0.25) is 5.02 Å².